The van der Waals surface area contributed by atoms with Gasteiger partial charge >= 0.3 is 0 Å². The first-order valence-electron chi connectivity index (χ1n) is 9.46. The Morgan fingerprint density at radius 1 is 1.06 bits per heavy atom. The van der Waals surface area contributed by atoms with E-state index in [2.05, 4.69) is 41.3 Å². The minimum atomic E-state index is -0.247. The average molecular weight is 479 g/mol. The fourth-order valence-electron chi connectivity index (χ4n) is 2.91. The average Bonchev–Trinajstić information content (AvgIpc) is 3.02. The van der Waals surface area contributed by atoms with Crippen LogP contribution in [0.25, 0.3) is 5.82 Å². The summed E-state index contributed by atoms with van der Waals surface area (Å²) in [6.07, 6.45) is 4.57. The van der Waals surface area contributed by atoms with Crippen LogP contribution in [-0.2, 0) is 0 Å². The van der Waals surface area contributed by atoms with Crippen LogP contribution in [0.15, 0.2) is 59.6 Å². The van der Waals surface area contributed by atoms with Gasteiger partial charge in [-0.15, -0.1) is 0 Å². The first-order chi connectivity index (χ1) is 14.9. The molecule has 4 rings (SSSR count). The monoisotopic (exact) mass is 478 g/mol. The summed E-state index contributed by atoms with van der Waals surface area (Å²) < 4.78 is 8.37. The topological polar surface area (TPSA) is 94.8 Å². The van der Waals surface area contributed by atoms with E-state index < -0.39 is 0 Å². The van der Waals surface area contributed by atoms with E-state index in [1.54, 1.807) is 47.3 Å². The highest BCUT2D eigenvalue weighted by molar-refractivity contribution is 9.10. The lowest BCUT2D eigenvalue weighted by molar-refractivity contribution is 0.102. The second-order valence-corrected chi connectivity index (χ2v) is 7.81. The standard InChI is InChI=1S/C22H19BrN6O2/c1-13-14(2)28-29(15(13)3)20-9-21(26-12-25-20)31-19-6-4-18(5-7-19)27-22(30)16-8-17(23)11-24-10-16/h4-12H,1-3H3,(H,27,30). The second-order valence-electron chi connectivity index (χ2n) is 6.89. The van der Waals surface area contributed by atoms with Crippen molar-refractivity contribution in [2.75, 3.05) is 5.32 Å². The van der Waals surface area contributed by atoms with Crippen LogP contribution >= 0.6 is 15.9 Å². The quantitative estimate of drug-likeness (QED) is 0.443. The zero-order chi connectivity index (χ0) is 22.0. The van der Waals surface area contributed by atoms with E-state index in [1.807, 2.05) is 20.8 Å². The Bertz CT molecular complexity index is 1250. The lowest BCUT2D eigenvalue weighted by Crippen LogP contribution is -2.12. The molecule has 1 N–H and O–H groups in total. The fraction of sp³-hybridized carbons (Fsp3) is 0.136. The molecule has 9 heteroatoms. The molecule has 0 saturated carbocycles. The molecule has 4 aromatic rings. The molecule has 156 valence electrons. The molecule has 0 radical (unpaired) electrons. The Balaban J connectivity index is 1.47. The third kappa shape index (κ3) is 4.61. The fourth-order valence-corrected chi connectivity index (χ4v) is 3.28. The van der Waals surface area contributed by atoms with Crippen molar-refractivity contribution >= 4 is 27.5 Å². The minimum Gasteiger partial charge on any atom is -0.439 e. The van der Waals surface area contributed by atoms with Gasteiger partial charge in [0.25, 0.3) is 5.91 Å². The zero-order valence-electron chi connectivity index (χ0n) is 17.1. The molecular formula is C22H19BrN6O2. The molecular weight excluding hydrogens is 460 g/mol. The maximum absolute atomic E-state index is 12.3. The number of anilines is 1. The molecule has 31 heavy (non-hydrogen) atoms. The highest BCUT2D eigenvalue weighted by atomic mass is 79.9. The van der Waals surface area contributed by atoms with Crippen LogP contribution in [0.1, 0.15) is 27.3 Å². The predicted molar refractivity (Wildman–Crippen MR) is 120 cm³/mol. The van der Waals surface area contributed by atoms with Gasteiger partial charge in [-0.3, -0.25) is 9.78 Å². The summed E-state index contributed by atoms with van der Waals surface area (Å²) in [4.78, 5) is 24.8. The second kappa shape index (κ2) is 8.65. The summed E-state index contributed by atoms with van der Waals surface area (Å²) in [5, 5.41) is 7.35. The Hall–Kier alpha value is -3.59. The van der Waals surface area contributed by atoms with Crippen molar-refractivity contribution in [3.8, 4) is 17.4 Å². The number of halogens is 1. The first kappa shape index (κ1) is 20.7. The number of carbonyl (C=O) groups excluding carboxylic acids is 1. The van der Waals surface area contributed by atoms with Crippen molar-refractivity contribution in [3.63, 3.8) is 0 Å². The van der Waals surface area contributed by atoms with Gasteiger partial charge in [0.2, 0.25) is 5.88 Å². The van der Waals surface area contributed by atoms with Gasteiger partial charge in [-0.05, 0) is 72.6 Å². The number of hydrogen-bond donors (Lipinski definition) is 1. The third-order valence-electron chi connectivity index (χ3n) is 4.80. The summed E-state index contributed by atoms with van der Waals surface area (Å²) in [6.45, 7) is 5.99. The van der Waals surface area contributed by atoms with Gasteiger partial charge in [-0.25, -0.2) is 14.6 Å². The maximum atomic E-state index is 12.3. The van der Waals surface area contributed by atoms with Gasteiger partial charge in [0.05, 0.1) is 11.3 Å². The number of rotatable bonds is 5. The van der Waals surface area contributed by atoms with Crippen LogP contribution in [0.4, 0.5) is 5.69 Å². The summed E-state index contributed by atoms with van der Waals surface area (Å²) in [5.74, 6) is 1.36. The number of nitrogens with zero attached hydrogens (tertiary/aromatic N) is 5. The minimum absolute atomic E-state index is 0.247. The smallest absolute Gasteiger partial charge is 0.257 e. The summed E-state index contributed by atoms with van der Waals surface area (Å²) in [6, 6.07) is 10.5. The number of pyridine rings is 1. The van der Waals surface area contributed by atoms with E-state index in [-0.39, 0.29) is 5.91 Å². The molecule has 0 saturated heterocycles. The van der Waals surface area contributed by atoms with E-state index in [1.165, 1.54) is 12.5 Å². The molecule has 0 fully saturated rings. The largest absolute Gasteiger partial charge is 0.439 e. The molecule has 0 atom stereocenters. The summed E-state index contributed by atoms with van der Waals surface area (Å²) in [5.41, 5.74) is 4.19. The third-order valence-corrected chi connectivity index (χ3v) is 5.23. The normalized spacial score (nSPS) is 10.7. The van der Waals surface area contributed by atoms with Crippen molar-refractivity contribution < 1.29 is 9.53 Å². The van der Waals surface area contributed by atoms with Crippen molar-refractivity contribution in [2.45, 2.75) is 20.8 Å². The molecule has 0 unspecified atom stereocenters. The highest BCUT2D eigenvalue weighted by Gasteiger charge is 2.12. The van der Waals surface area contributed by atoms with Gasteiger partial charge in [0.15, 0.2) is 5.82 Å². The van der Waals surface area contributed by atoms with Crippen molar-refractivity contribution in [1.82, 2.24) is 24.7 Å². The molecule has 0 aliphatic heterocycles. The van der Waals surface area contributed by atoms with Crippen LogP contribution in [0.5, 0.6) is 11.6 Å². The number of nitrogens with one attached hydrogen (secondary N) is 1. The number of carbonyl (C=O) groups is 1. The number of amides is 1. The SMILES string of the molecule is Cc1nn(-c2cc(Oc3ccc(NC(=O)c4cncc(Br)c4)cc3)ncn2)c(C)c1C. The predicted octanol–water partition coefficient (Wildman–Crippen LogP) is 4.79. The van der Waals surface area contributed by atoms with Crippen LogP contribution in [0, 0.1) is 20.8 Å². The molecule has 1 aromatic carbocycles. The van der Waals surface area contributed by atoms with Gasteiger partial charge < -0.3 is 10.1 Å². The highest BCUT2D eigenvalue weighted by Crippen LogP contribution is 2.24. The van der Waals surface area contributed by atoms with E-state index in [0.29, 0.717) is 28.7 Å². The molecule has 8 nitrogen and oxygen atoms in total. The molecule has 3 aromatic heterocycles. The Labute approximate surface area is 187 Å². The molecule has 0 spiro atoms. The zero-order valence-corrected chi connectivity index (χ0v) is 18.7. The van der Waals surface area contributed by atoms with E-state index in [4.69, 9.17) is 4.74 Å². The van der Waals surface area contributed by atoms with Gasteiger partial charge in [0, 0.05) is 34.3 Å². The van der Waals surface area contributed by atoms with Crippen molar-refractivity contribution in [3.05, 3.63) is 82.1 Å². The molecule has 1 amide bonds. The van der Waals surface area contributed by atoms with E-state index in [0.717, 1.165) is 21.4 Å². The lowest BCUT2D eigenvalue weighted by Gasteiger charge is -2.09. The number of aromatic nitrogens is 5. The lowest BCUT2D eigenvalue weighted by atomic mass is 10.2. The number of aryl methyl sites for hydroxylation is 1. The van der Waals surface area contributed by atoms with Crippen molar-refractivity contribution in [2.24, 2.45) is 0 Å². The van der Waals surface area contributed by atoms with Gasteiger partial charge in [0.1, 0.15) is 12.1 Å². The first-order valence-corrected chi connectivity index (χ1v) is 10.2. The van der Waals surface area contributed by atoms with Gasteiger partial charge in [-0.2, -0.15) is 5.10 Å². The number of ether oxygens (including phenoxy) is 1. The Kier molecular flexibility index (Phi) is 5.77. The Morgan fingerprint density at radius 2 is 1.84 bits per heavy atom. The summed E-state index contributed by atoms with van der Waals surface area (Å²) in [7, 11) is 0. The molecule has 0 aliphatic carbocycles. The molecule has 3 heterocycles. The van der Waals surface area contributed by atoms with Crippen molar-refractivity contribution in [1.29, 1.82) is 0 Å². The Morgan fingerprint density at radius 3 is 2.52 bits per heavy atom. The molecule has 0 bridgehead atoms. The van der Waals surface area contributed by atoms with Crippen LogP contribution in [-0.4, -0.2) is 30.6 Å². The van der Waals surface area contributed by atoms with Gasteiger partial charge in [-0.1, -0.05) is 0 Å². The van der Waals surface area contributed by atoms with Crippen LogP contribution in [0.2, 0.25) is 0 Å². The number of benzene rings is 1. The van der Waals surface area contributed by atoms with Crippen LogP contribution in [0.3, 0.4) is 0 Å². The van der Waals surface area contributed by atoms with Crippen LogP contribution < -0.4 is 10.1 Å². The number of hydrogen-bond acceptors (Lipinski definition) is 6. The summed E-state index contributed by atoms with van der Waals surface area (Å²) >= 11 is 3.31. The maximum Gasteiger partial charge on any atom is 0.257 e. The molecule has 0 aliphatic rings. The van der Waals surface area contributed by atoms with E-state index >= 15 is 0 Å². The van der Waals surface area contributed by atoms with E-state index in [9.17, 15) is 4.79 Å².